The number of benzene rings is 1. The first kappa shape index (κ1) is 11.3. The largest absolute Gasteiger partial charge is 0.461 e. The monoisotopic (exact) mass is 231 g/mol. The first-order valence-electron chi connectivity index (χ1n) is 5.39. The van der Waals surface area contributed by atoms with Crippen molar-refractivity contribution < 1.29 is 9.53 Å². The lowest BCUT2D eigenvalue weighted by Gasteiger charge is -1.98. The van der Waals surface area contributed by atoms with Crippen molar-refractivity contribution >= 4 is 5.97 Å². The highest BCUT2D eigenvalue weighted by Crippen LogP contribution is 2.08. The summed E-state index contributed by atoms with van der Waals surface area (Å²) >= 11 is 0. The molecule has 0 saturated heterocycles. The van der Waals surface area contributed by atoms with Crippen LogP contribution >= 0.6 is 0 Å². The van der Waals surface area contributed by atoms with Gasteiger partial charge in [0.2, 0.25) is 0 Å². The van der Waals surface area contributed by atoms with Crippen LogP contribution in [0, 0.1) is 6.92 Å². The minimum absolute atomic E-state index is 0.260. The van der Waals surface area contributed by atoms with E-state index in [4.69, 9.17) is 4.74 Å². The average molecular weight is 231 g/mol. The second-order valence-corrected chi connectivity index (χ2v) is 3.48. The molecule has 17 heavy (non-hydrogen) atoms. The first-order valence-corrected chi connectivity index (χ1v) is 5.39. The smallest absolute Gasteiger partial charge is 0.360 e. The molecule has 0 bridgehead atoms. The topological polar surface area (TPSA) is 57.0 Å². The van der Waals surface area contributed by atoms with Crippen molar-refractivity contribution in [3.8, 4) is 5.69 Å². The number of carbonyl (C=O) groups excluding carboxylic acids is 1. The summed E-state index contributed by atoms with van der Waals surface area (Å²) in [4.78, 5) is 13.0. The van der Waals surface area contributed by atoms with Gasteiger partial charge in [-0.05, 0) is 26.0 Å². The van der Waals surface area contributed by atoms with Gasteiger partial charge in [-0.3, -0.25) is 0 Å². The van der Waals surface area contributed by atoms with Crippen molar-refractivity contribution in [2.24, 2.45) is 0 Å². The Hall–Kier alpha value is -2.17. The normalized spacial score (nSPS) is 10.2. The molecule has 0 aliphatic carbocycles. The second kappa shape index (κ2) is 4.78. The van der Waals surface area contributed by atoms with E-state index in [1.807, 2.05) is 30.3 Å². The van der Waals surface area contributed by atoms with Crippen LogP contribution in [-0.2, 0) is 4.74 Å². The highest BCUT2D eigenvalue weighted by Gasteiger charge is 2.16. The molecule has 5 heteroatoms. The Bertz CT molecular complexity index is 520. The third-order valence-corrected chi connectivity index (χ3v) is 2.24. The summed E-state index contributed by atoms with van der Waals surface area (Å²) in [6.45, 7) is 3.82. The lowest BCUT2D eigenvalue weighted by Crippen LogP contribution is -2.07. The van der Waals surface area contributed by atoms with Gasteiger partial charge in [0, 0.05) is 0 Å². The molecular formula is C12H13N3O2. The molecular weight excluding hydrogens is 218 g/mol. The molecule has 2 aromatic rings. The molecule has 0 saturated carbocycles. The van der Waals surface area contributed by atoms with Crippen molar-refractivity contribution in [2.45, 2.75) is 13.8 Å². The molecule has 0 atom stereocenters. The average Bonchev–Trinajstić information content (AvgIpc) is 2.73. The summed E-state index contributed by atoms with van der Waals surface area (Å²) in [5.41, 5.74) is 1.63. The van der Waals surface area contributed by atoms with E-state index in [1.54, 1.807) is 13.8 Å². The zero-order chi connectivity index (χ0) is 12.3. The van der Waals surface area contributed by atoms with E-state index >= 15 is 0 Å². The highest BCUT2D eigenvalue weighted by molar-refractivity contribution is 5.88. The van der Waals surface area contributed by atoms with E-state index in [0.717, 1.165) is 5.69 Å². The number of carbonyl (C=O) groups is 1. The van der Waals surface area contributed by atoms with Crippen LogP contribution in [0.5, 0.6) is 0 Å². The van der Waals surface area contributed by atoms with Gasteiger partial charge in [0.1, 0.15) is 0 Å². The van der Waals surface area contributed by atoms with Gasteiger partial charge < -0.3 is 4.74 Å². The van der Waals surface area contributed by atoms with Crippen LogP contribution in [0.15, 0.2) is 30.3 Å². The number of aryl methyl sites for hydroxylation is 1. The Morgan fingerprint density at radius 3 is 2.65 bits per heavy atom. The maximum Gasteiger partial charge on any atom is 0.360 e. The van der Waals surface area contributed by atoms with Crippen molar-refractivity contribution in [1.29, 1.82) is 0 Å². The van der Waals surface area contributed by atoms with Crippen LogP contribution in [0.2, 0.25) is 0 Å². The number of aromatic nitrogens is 3. The Morgan fingerprint density at radius 2 is 2.00 bits per heavy atom. The lowest BCUT2D eigenvalue weighted by molar-refractivity contribution is 0.0518. The summed E-state index contributed by atoms with van der Waals surface area (Å²) in [5.74, 6) is -0.438. The maximum atomic E-state index is 11.6. The molecule has 1 heterocycles. The fourth-order valence-electron chi connectivity index (χ4n) is 1.44. The third-order valence-electron chi connectivity index (χ3n) is 2.24. The Labute approximate surface area is 99.0 Å². The standard InChI is InChI=1S/C12H13N3O2/c1-3-17-12(16)11-9(2)13-15(14-11)10-7-5-4-6-8-10/h4-8H,3H2,1-2H3. The predicted octanol–water partition coefficient (Wildman–Crippen LogP) is 1.75. The highest BCUT2D eigenvalue weighted by atomic mass is 16.5. The SMILES string of the molecule is CCOC(=O)c1nn(-c2ccccc2)nc1C. The number of esters is 1. The zero-order valence-electron chi connectivity index (χ0n) is 9.75. The summed E-state index contributed by atoms with van der Waals surface area (Å²) in [6.07, 6.45) is 0. The van der Waals surface area contributed by atoms with Crippen molar-refractivity contribution in [1.82, 2.24) is 15.0 Å². The molecule has 2 rings (SSSR count). The fourth-order valence-corrected chi connectivity index (χ4v) is 1.44. The number of para-hydroxylation sites is 1. The predicted molar refractivity (Wildman–Crippen MR) is 62.1 cm³/mol. The Balaban J connectivity index is 2.34. The number of ether oxygens (including phenoxy) is 1. The van der Waals surface area contributed by atoms with E-state index in [0.29, 0.717) is 12.3 Å². The first-order chi connectivity index (χ1) is 8.22. The fraction of sp³-hybridized carbons (Fsp3) is 0.250. The molecule has 1 aromatic heterocycles. The van der Waals surface area contributed by atoms with Crippen LogP contribution in [-0.4, -0.2) is 27.6 Å². The van der Waals surface area contributed by atoms with Gasteiger partial charge in [0.25, 0.3) is 0 Å². The van der Waals surface area contributed by atoms with E-state index in [9.17, 15) is 4.79 Å². The molecule has 5 nitrogen and oxygen atoms in total. The van der Waals surface area contributed by atoms with E-state index in [1.165, 1.54) is 4.80 Å². The van der Waals surface area contributed by atoms with E-state index in [2.05, 4.69) is 10.2 Å². The number of hydrogen-bond acceptors (Lipinski definition) is 4. The molecule has 88 valence electrons. The Morgan fingerprint density at radius 1 is 1.29 bits per heavy atom. The maximum absolute atomic E-state index is 11.6. The summed E-state index contributed by atoms with van der Waals surface area (Å²) < 4.78 is 4.90. The molecule has 0 spiro atoms. The summed E-state index contributed by atoms with van der Waals surface area (Å²) in [7, 11) is 0. The molecule has 0 aliphatic heterocycles. The molecule has 1 aromatic carbocycles. The van der Waals surface area contributed by atoms with Crippen molar-refractivity contribution in [3.05, 3.63) is 41.7 Å². The second-order valence-electron chi connectivity index (χ2n) is 3.48. The molecule has 0 amide bonds. The van der Waals surface area contributed by atoms with Crippen LogP contribution in [0.3, 0.4) is 0 Å². The summed E-state index contributed by atoms with van der Waals surface area (Å²) in [6, 6.07) is 9.42. The van der Waals surface area contributed by atoms with Gasteiger partial charge >= 0.3 is 5.97 Å². The number of rotatable bonds is 3. The van der Waals surface area contributed by atoms with Gasteiger partial charge in [-0.2, -0.15) is 9.90 Å². The van der Waals surface area contributed by atoms with Gasteiger partial charge in [-0.15, -0.1) is 5.10 Å². The molecule has 0 N–H and O–H groups in total. The summed E-state index contributed by atoms with van der Waals surface area (Å²) in [5, 5.41) is 8.32. The van der Waals surface area contributed by atoms with Crippen molar-refractivity contribution in [3.63, 3.8) is 0 Å². The zero-order valence-corrected chi connectivity index (χ0v) is 9.75. The van der Waals surface area contributed by atoms with Crippen molar-refractivity contribution in [2.75, 3.05) is 6.61 Å². The van der Waals surface area contributed by atoms with Crippen LogP contribution in [0.1, 0.15) is 23.1 Å². The minimum Gasteiger partial charge on any atom is -0.461 e. The molecule has 0 aliphatic rings. The van der Waals surface area contributed by atoms with Crippen LogP contribution in [0.25, 0.3) is 5.69 Å². The van der Waals surface area contributed by atoms with Gasteiger partial charge in [0.15, 0.2) is 5.69 Å². The number of nitrogens with zero attached hydrogens (tertiary/aromatic N) is 3. The van der Waals surface area contributed by atoms with Gasteiger partial charge in [-0.25, -0.2) is 4.79 Å². The van der Waals surface area contributed by atoms with E-state index < -0.39 is 5.97 Å². The van der Waals surface area contributed by atoms with E-state index in [-0.39, 0.29) is 5.69 Å². The lowest BCUT2D eigenvalue weighted by atomic mass is 10.3. The quantitative estimate of drug-likeness (QED) is 0.755. The minimum atomic E-state index is -0.438. The Kier molecular flexibility index (Phi) is 3.18. The molecule has 0 unspecified atom stereocenters. The molecule has 0 radical (unpaired) electrons. The van der Waals surface area contributed by atoms with Crippen LogP contribution in [0.4, 0.5) is 0 Å². The number of hydrogen-bond donors (Lipinski definition) is 0. The van der Waals surface area contributed by atoms with Gasteiger partial charge in [-0.1, -0.05) is 18.2 Å². The van der Waals surface area contributed by atoms with Gasteiger partial charge in [0.05, 0.1) is 18.0 Å². The van der Waals surface area contributed by atoms with Crippen LogP contribution < -0.4 is 0 Å². The third kappa shape index (κ3) is 2.33. The molecule has 0 fully saturated rings.